The van der Waals surface area contributed by atoms with E-state index in [1.165, 1.54) is 6.92 Å². The number of Topliss-reactive ketones (excluding diaryl/α,β-unsaturated/α-hetero) is 1. The molecule has 1 fully saturated rings. The molecule has 6 nitrogen and oxygen atoms in total. The van der Waals surface area contributed by atoms with Crippen molar-refractivity contribution in [2.45, 2.75) is 31.3 Å². The minimum absolute atomic E-state index is 0.0439. The van der Waals surface area contributed by atoms with E-state index in [0.29, 0.717) is 30.1 Å². The summed E-state index contributed by atoms with van der Waals surface area (Å²) in [5.74, 6) is 1.38. The van der Waals surface area contributed by atoms with Crippen molar-refractivity contribution in [2.75, 3.05) is 19.3 Å². The van der Waals surface area contributed by atoms with Gasteiger partial charge in [0.05, 0.1) is 5.56 Å². The van der Waals surface area contributed by atoms with Crippen LogP contribution in [0.2, 0.25) is 0 Å². The highest BCUT2D eigenvalue weighted by Gasteiger charge is 2.26. The zero-order valence-electron chi connectivity index (χ0n) is 15.4. The summed E-state index contributed by atoms with van der Waals surface area (Å²) in [6, 6.07) is 7.07. The summed E-state index contributed by atoms with van der Waals surface area (Å²) in [5, 5.41) is 9.40. The van der Waals surface area contributed by atoms with Gasteiger partial charge in [-0.05, 0) is 38.0 Å². The number of benzene rings is 1. The molecule has 26 heavy (non-hydrogen) atoms. The summed E-state index contributed by atoms with van der Waals surface area (Å²) in [6.07, 6.45) is 4.76. The Bertz CT molecular complexity index is 810. The van der Waals surface area contributed by atoms with Crippen molar-refractivity contribution in [3.63, 3.8) is 0 Å². The van der Waals surface area contributed by atoms with Crippen molar-refractivity contribution in [3.05, 3.63) is 41.2 Å². The molecule has 1 aliphatic rings. The first kappa shape index (κ1) is 18.6. The molecule has 0 radical (unpaired) electrons. The van der Waals surface area contributed by atoms with Crippen molar-refractivity contribution in [1.29, 1.82) is 0 Å². The van der Waals surface area contributed by atoms with Gasteiger partial charge in [0.25, 0.3) is 5.91 Å². The Morgan fingerprint density at radius 1 is 1.15 bits per heavy atom. The van der Waals surface area contributed by atoms with Crippen molar-refractivity contribution in [2.24, 2.45) is 13.0 Å². The van der Waals surface area contributed by atoms with Gasteiger partial charge in [0, 0.05) is 32.1 Å². The topological polar surface area (TPSA) is 68.1 Å². The Hall–Kier alpha value is -2.15. The van der Waals surface area contributed by atoms with Crippen LogP contribution in [0.15, 0.2) is 29.4 Å². The Labute approximate surface area is 158 Å². The molecule has 0 saturated carbocycles. The van der Waals surface area contributed by atoms with Crippen LogP contribution in [0, 0.1) is 5.92 Å². The average Bonchev–Trinajstić information content (AvgIpc) is 3.01. The Balaban J connectivity index is 1.62. The zero-order valence-corrected chi connectivity index (χ0v) is 16.3. The molecule has 1 aromatic carbocycles. The van der Waals surface area contributed by atoms with Gasteiger partial charge in [0.1, 0.15) is 5.82 Å². The SMILES string of the molecule is CSc1nnc(CC2CCN(C(=O)c3ccccc3C(C)=O)CC2)n1C. The van der Waals surface area contributed by atoms with Crippen molar-refractivity contribution in [3.8, 4) is 0 Å². The van der Waals surface area contributed by atoms with Gasteiger partial charge in [-0.2, -0.15) is 0 Å². The number of piperidine rings is 1. The van der Waals surface area contributed by atoms with Gasteiger partial charge >= 0.3 is 0 Å². The molecular formula is C19H24N4O2S. The Morgan fingerprint density at radius 3 is 2.38 bits per heavy atom. The zero-order chi connectivity index (χ0) is 18.7. The van der Waals surface area contributed by atoms with Crippen LogP contribution in [0.4, 0.5) is 0 Å². The third kappa shape index (κ3) is 3.82. The lowest BCUT2D eigenvalue weighted by Gasteiger charge is -2.32. The number of carbonyl (C=O) groups excluding carboxylic acids is 2. The normalized spacial score (nSPS) is 15.3. The van der Waals surface area contributed by atoms with E-state index in [0.717, 1.165) is 30.2 Å². The van der Waals surface area contributed by atoms with Crippen LogP contribution in [0.5, 0.6) is 0 Å². The highest BCUT2D eigenvalue weighted by atomic mass is 32.2. The minimum atomic E-state index is -0.0734. The van der Waals surface area contributed by atoms with E-state index in [2.05, 4.69) is 10.2 Å². The number of carbonyl (C=O) groups is 2. The quantitative estimate of drug-likeness (QED) is 0.596. The van der Waals surface area contributed by atoms with E-state index in [9.17, 15) is 9.59 Å². The van der Waals surface area contributed by atoms with Gasteiger partial charge in [0.15, 0.2) is 10.9 Å². The summed E-state index contributed by atoms with van der Waals surface area (Å²) in [6.45, 7) is 2.92. The number of likely N-dealkylation sites (tertiary alicyclic amines) is 1. The highest BCUT2D eigenvalue weighted by molar-refractivity contribution is 7.98. The number of aromatic nitrogens is 3. The molecule has 1 amide bonds. The monoisotopic (exact) mass is 372 g/mol. The van der Waals surface area contributed by atoms with Gasteiger partial charge in [-0.25, -0.2) is 0 Å². The Morgan fingerprint density at radius 2 is 1.81 bits per heavy atom. The molecule has 0 aliphatic carbocycles. The number of amides is 1. The summed E-state index contributed by atoms with van der Waals surface area (Å²) in [5.41, 5.74) is 1.01. The Kier molecular flexibility index (Phi) is 5.76. The molecule has 0 bridgehead atoms. The maximum absolute atomic E-state index is 12.8. The molecule has 2 aromatic rings. The van der Waals surface area contributed by atoms with Crippen molar-refractivity contribution in [1.82, 2.24) is 19.7 Å². The van der Waals surface area contributed by atoms with Crippen molar-refractivity contribution >= 4 is 23.5 Å². The lowest BCUT2D eigenvalue weighted by atomic mass is 9.92. The van der Waals surface area contributed by atoms with Crippen LogP contribution in [-0.2, 0) is 13.5 Å². The lowest BCUT2D eigenvalue weighted by Crippen LogP contribution is -2.39. The van der Waals surface area contributed by atoms with E-state index in [-0.39, 0.29) is 11.7 Å². The molecular weight excluding hydrogens is 348 g/mol. The molecule has 0 unspecified atom stereocenters. The predicted molar refractivity (Wildman–Crippen MR) is 102 cm³/mol. The third-order valence-electron chi connectivity index (χ3n) is 5.02. The minimum Gasteiger partial charge on any atom is -0.339 e. The maximum atomic E-state index is 12.8. The summed E-state index contributed by atoms with van der Waals surface area (Å²) in [4.78, 5) is 26.5. The fourth-order valence-corrected chi connectivity index (χ4v) is 3.95. The third-order valence-corrected chi connectivity index (χ3v) is 5.74. The van der Waals surface area contributed by atoms with Gasteiger partial charge in [-0.1, -0.05) is 30.0 Å². The summed E-state index contributed by atoms with van der Waals surface area (Å²) in [7, 11) is 2.00. The number of hydrogen-bond donors (Lipinski definition) is 0. The highest BCUT2D eigenvalue weighted by Crippen LogP contribution is 2.24. The second kappa shape index (κ2) is 8.03. The largest absolute Gasteiger partial charge is 0.339 e. The molecule has 138 valence electrons. The number of hydrogen-bond acceptors (Lipinski definition) is 5. The summed E-state index contributed by atoms with van der Waals surface area (Å²) < 4.78 is 2.05. The molecule has 0 spiro atoms. The molecule has 1 aliphatic heterocycles. The molecule has 3 rings (SSSR count). The second-order valence-corrected chi connectivity index (χ2v) is 7.48. The van der Waals surface area contributed by atoms with Gasteiger partial charge in [-0.15, -0.1) is 10.2 Å². The van der Waals surface area contributed by atoms with Crippen LogP contribution >= 0.6 is 11.8 Å². The predicted octanol–water partition coefficient (Wildman–Crippen LogP) is 2.83. The lowest BCUT2D eigenvalue weighted by molar-refractivity contribution is 0.0685. The van der Waals surface area contributed by atoms with Crippen molar-refractivity contribution < 1.29 is 9.59 Å². The maximum Gasteiger partial charge on any atom is 0.254 e. The van der Waals surface area contributed by atoms with Gasteiger partial charge in [0.2, 0.25) is 0 Å². The second-order valence-electron chi connectivity index (χ2n) is 6.70. The molecule has 1 aromatic heterocycles. The molecule has 1 saturated heterocycles. The number of rotatable bonds is 5. The van der Waals surface area contributed by atoms with E-state index < -0.39 is 0 Å². The van der Waals surface area contributed by atoms with Crippen LogP contribution < -0.4 is 0 Å². The average molecular weight is 372 g/mol. The van der Waals surface area contributed by atoms with Crippen LogP contribution in [0.3, 0.4) is 0 Å². The van der Waals surface area contributed by atoms with Crippen LogP contribution in [0.1, 0.15) is 46.3 Å². The first-order valence-corrected chi connectivity index (χ1v) is 10.0. The fraction of sp³-hybridized carbons (Fsp3) is 0.474. The molecule has 0 atom stereocenters. The molecule has 0 N–H and O–H groups in total. The number of thioether (sulfide) groups is 1. The summed E-state index contributed by atoms with van der Waals surface area (Å²) >= 11 is 1.59. The molecule has 2 heterocycles. The number of ketones is 1. The number of nitrogens with zero attached hydrogens (tertiary/aromatic N) is 4. The first-order chi connectivity index (χ1) is 12.5. The van der Waals surface area contributed by atoms with Gasteiger partial charge in [-0.3, -0.25) is 9.59 Å². The fourth-order valence-electron chi connectivity index (χ4n) is 3.45. The van der Waals surface area contributed by atoms with E-state index in [1.807, 2.05) is 28.8 Å². The molecule has 7 heteroatoms. The smallest absolute Gasteiger partial charge is 0.254 e. The van der Waals surface area contributed by atoms with Crippen LogP contribution in [-0.4, -0.2) is 50.7 Å². The first-order valence-electron chi connectivity index (χ1n) is 8.82. The van der Waals surface area contributed by atoms with E-state index in [4.69, 9.17) is 0 Å². The van der Waals surface area contributed by atoms with E-state index in [1.54, 1.807) is 30.0 Å². The van der Waals surface area contributed by atoms with Gasteiger partial charge < -0.3 is 9.47 Å². The van der Waals surface area contributed by atoms with E-state index >= 15 is 0 Å². The van der Waals surface area contributed by atoms with Crippen LogP contribution in [0.25, 0.3) is 0 Å². The standard InChI is InChI=1S/C19H24N4O2S/c1-13(24)15-6-4-5-7-16(15)18(25)23-10-8-14(9-11-23)12-17-20-21-19(26-3)22(17)2/h4-7,14H,8-12H2,1-3H3.